The molecule has 2 rings (SSSR count). The second-order valence-corrected chi connectivity index (χ2v) is 5.55. The number of hydrogen-bond acceptors (Lipinski definition) is 3. The number of rotatable bonds is 5. The first-order chi connectivity index (χ1) is 9.49. The zero-order valence-corrected chi connectivity index (χ0v) is 12.1. The van der Waals surface area contributed by atoms with Crippen LogP contribution in [0.5, 0.6) is 0 Å². The highest BCUT2D eigenvalue weighted by molar-refractivity contribution is 8.00. The molecule has 0 fully saturated rings. The number of thioether (sulfide) groups is 1. The van der Waals surface area contributed by atoms with Crippen LogP contribution in [0.25, 0.3) is 10.9 Å². The topological polar surface area (TPSA) is 71.3 Å². The fourth-order valence-electron chi connectivity index (χ4n) is 1.91. The molecule has 0 saturated carbocycles. The maximum absolute atomic E-state index is 11.7. The fourth-order valence-corrected chi connectivity index (χ4v) is 2.84. The number of carbonyl (C=O) groups excluding carboxylic acids is 1. The second-order valence-electron chi connectivity index (χ2n) is 4.54. The Kier molecular flexibility index (Phi) is 4.34. The molecule has 6 heteroatoms. The van der Waals surface area contributed by atoms with Gasteiger partial charge in [-0.05, 0) is 13.0 Å². The third-order valence-electron chi connectivity index (χ3n) is 2.97. The van der Waals surface area contributed by atoms with Crippen LogP contribution >= 0.6 is 11.8 Å². The van der Waals surface area contributed by atoms with Crippen molar-refractivity contribution in [3.05, 3.63) is 30.5 Å². The quantitative estimate of drug-likeness (QED) is 0.825. The lowest BCUT2D eigenvalue weighted by Gasteiger charge is -2.08. The van der Waals surface area contributed by atoms with Gasteiger partial charge in [0.15, 0.2) is 0 Å². The number of para-hydroxylation sites is 1. The molecule has 0 unspecified atom stereocenters. The molecule has 2 N–H and O–H groups in total. The number of aliphatic carboxylic acids is 1. The van der Waals surface area contributed by atoms with Gasteiger partial charge in [-0.1, -0.05) is 18.2 Å². The standard InChI is InChI=1S/C14H16N2O3S/c1-9(14(18)19)15-13(17)8-20-12-7-16(2)11-6-4-3-5-10(11)12/h3-7,9H,8H2,1-2H3,(H,15,17)(H,18,19)/t9-/m1/s1. The van der Waals surface area contributed by atoms with Crippen molar-refractivity contribution >= 4 is 34.5 Å². The Morgan fingerprint density at radius 2 is 2.10 bits per heavy atom. The van der Waals surface area contributed by atoms with Crippen LogP contribution in [0.2, 0.25) is 0 Å². The summed E-state index contributed by atoms with van der Waals surface area (Å²) in [5, 5.41) is 12.3. The minimum atomic E-state index is -1.03. The van der Waals surface area contributed by atoms with Gasteiger partial charge in [0, 0.05) is 29.0 Å². The molecule has 0 radical (unpaired) electrons. The molecule has 0 aliphatic rings. The van der Waals surface area contributed by atoms with E-state index < -0.39 is 12.0 Å². The Hall–Kier alpha value is -1.95. The number of aromatic nitrogens is 1. The number of fused-ring (bicyclic) bond motifs is 1. The molecule has 1 aromatic carbocycles. The molecule has 0 aliphatic carbocycles. The summed E-state index contributed by atoms with van der Waals surface area (Å²) in [6.45, 7) is 1.45. The van der Waals surface area contributed by atoms with E-state index in [4.69, 9.17) is 5.11 Å². The number of benzene rings is 1. The zero-order chi connectivity index (χ0) is 14.7. The van der Waals surface area contributed by atoms with E-state index in [1.165, 1.54) is 18.7 Å². The number of carboxylic acids is 1. The first-order valence-corrected chi connectivity index (χ1v) is 7.16. The van der Waals surface area contributed by atoms with E-state index >= 15 is 0 Å². The molecule has 2 aromatic rings. The molecule has 1 heterocycles. The third-order valence-corrected chi connectivity index (χ3v) is 4.01. The molecule has 0 aliphatic heterocycles. The van der Waals surface area contributed by atoms with Crippen LogP contribution in [0.4, 0.5) is 0 Å². The molecule has 0 saturated heterocycles. The molecule has 106 valence electrons. The van der Waals surface area contributed by atoms with Crippen LogP contribution in [0.15, 0.2) is 35.4 Å². The van der Waals surface area contributed by atoms with Crippen LogP contribution in [0, 0.1) is 0 Å². The summed E-state index contributed by atoms with van der Waals surface area (Å²) in [6, 6.07) is 7.09. The monoisotopic (exact) mass is 292 g/mol. The average molecular weight is 292 g/mol. The van der Waals surface area contributed by atoms with Crippen LogP contribution < -0.4 is 5.32 Å². The first-order valence-electron chi connectivity index (χ1n) is 6.18. The smallest absolute Gasteiger partial charge is 0.325 e. The summed E-state index contributed by atoms with van der Waals surface area (Å²) >= 11 is 1.41. The lowest BCUT2D eigenvalue weighted by Crippen LogP contribution is -2.39. The molecular formula is C14H16N2O3S. The third kappa shape index (κ3) is 3.14. The van der Waals surface area contributed by atoms with Crippen molar-refractivity contribution in [1.82, 2.24) is 9.88 Å². The lowest BCUT2D eigenvalue weighted by atomic mass is 10.2. The summed E-state index contributed by atoms with van der Waals surface area (Å²) in [5.74, 6) is -1.11. The van der Waals surface area contributed by atoms with Crippen LogP contribution in [-0.4, -0.2) is 33.3 Å². The predicted octanol–water partition coefficient (Wildman–Crippen LogP) is 1.86. The summed E-state index contributed by atoms with van der Waals surface area (Å²) in [7, 11) is 1.96. The van der Waals surface area contributed by atoms with Gasteiger partial charge in [0.05, 0.1) is 5.75 Å². The van der Waals surface area contributed by atoms with Gasteiger partial charge in [0.2, 0.25) is 5.91 Å². The Morgan fingerprint density at radius 3 is 2.80 bits per heavy atom. The number of carboxylic acid groups (broad SMARTS) is 1. The molecule has 5 nitrogen and oxygen atoms in total. The van der Waals surface area contributed by atoms with E-state index in [1.807, 2.05) is 42.1 Å². The minimum Gasteiger partial charge on any atom is -0.480 e. The maximum Gasteiger partial charge on any atom is 0.325 e. The van der Waals surface area contributed by atoms with Crippen molar-refractivity contribution in [3.8, 4) is 0 Å². The van der Waals surface area contributed by atoms with E-state index in [1.54, 1.807) is 0 Å². The molecule has 0 spiro atoms. The van der Waals surface area contributed by atoms with Gasteiger partial charge in [0.1, 0.15) is 6.04 Å². The van der Waals surface area contributed by atoms with Gasteiger partial charge in [-0.25, -0.2) is 0 Å². The number of nitrogens with one attached hydrogen (secondary N) is 1. The van der Waals surface area contributed by atoms with Gasteiger partial charge >= 0.3 is 5.97 Å². The largest absolute Gasteiger partial charge is 0.480 e. The SMILES string of the molecule is C[C@@H](NC(=O)CSc1cn(C)c2ccccc12)C(=O)O. The van der Waals surface area contributed by atoms with Crippen LogP contribution in [0.1, 0.15) is 6.92 Å². The van der Waals surface area contributed by atoms with E-state index in [0.29, 0.717) is 0 Å². The van der Waals surface area contributed by atoms with Gasteiger partial charge < -0.3 is 15.0 Å². The number of nitrogens with zero attached hydrogens (tertiary/aromatic N) is 1. The first kappa shape index (κ1) is 14.5. The highest BCUT2D eigenvalue weighted by Gasteiger charge is 2.14. The van der Waals surface area contributed by atoms with Gasteiger partial charge in [-0.3, -0.25) is 9.59 Å². The fraction of sp³-hybridized carbons (Fsp3) is 0.286. The zero-order valence-electron chi connectivity index (χ0n) is 11.3. The van der Waals surface area contributed by atoms with Crippen molar-refractivity contribution in [1.29, 1.82) is 0 Å². The van der Waals surface area contributed by atoms with Gasteiger partial charge in [0.25, 0.3) is 0 Å². The van der Waals surface area contributed by atoms with E-state index in [0.717, 1.165) is 15.8 Å². The molecule has 1 aromatic heterocycles. The Bertz CT molecular complexity index is 651. The van der Waals surface area contributed by atoms with E-state index in [-0.39, 0.29) is 11.7 Å². The van der Waals surface area contributed by atoms with Crippen molar-refractivity contribution in [2.75, 3.05) is 5.75 Å². The molecule has 1 atom stereocenters. The minimum absolute atomic E-state index is 0.200. The summed E-state index contributed by atoms with van der Waals surface area (Å²) in [6.07, 6.45) is 1.98. The number of hydrogen-bond donors (Lipinski definition) is 2. The predicted molar refractivity (Wildman–Crippen MR) is 78.9 cm³/mol. The summed E-state index contributed by atoms with van der Waals surface area (Å²) < 4.78 is 2.01. The normalized spacial score (nSPS) is 12.3. The number of aryl methyl sites for hydroxylation is 1. The van der Waals surface area contributed by atoms with Crippen molar-refractivity contribution in [2.24, 2.45) is 7.05 Å². The molecule has 20 heavy (non-hydrogen) atoms. The number of carbonyl (C=O) groups is 2. The van der Waals surface area contributed by atoms with E-state index in [9.17, 15) is 9.59 Å². The highest BCUT2D eigenvalue weighted by atomic mass is 32.2. The summed E-state index contributed by atoms with van der Waals surface area (Å²) in [5.41, 5.74) is 1.11. The van der Waals surface area contributed by atoms with Crippen molar-refractivity contribution in [2.45, 2.75) is 17.9 Å². The van der Waals surface area contributed by atoms with Gasteiger partial charge in [-0.15, -0.1) is 11.8 Å². The Morgan fingerprint density at radius 1 is 1.40 bits per heavy atom. The van der Waals surface area contributed by atoms with E-state index in [2.05, 4.69) is 5.32 Å². The second kappa shape index (κ2) is 6.00. The van der Waals surface area contributed by atoms with Crippen LogP contribution in [-0.2, 0) is 16.6 Å². The number of amides is 1. The molecule has 1 amide bonds. The molecule has 0 bridgehead atoms. The lowest BCUT2D eigenvalue weighted by molar-refractivity contribution is -0.140. The Labute approximate surface area is 121 Å². The van der Waals surface area contributed by atoms with Crippen LogP contribution in [0.3, 0.4) is 0 Å². The Balaban J connectivity index is 2.03. The van der Waals surface area contributed by atoms with Gasteiger partial charge in [-0.2, -0.15) is 0 Å². The maximum atomic E-state index is 11.7. The highest BCUT2D eigenvalue weighted by Crippen LogP contribution is 2.29. The summed E-state index contributed by atoms with van der Waals surface area (Å²) in [4.78, 5) is 23.3. The average Bonchev–Trinajstić information content (AvgIpc) is 2.74. The molecular weight excluding hydrogens is 276 g/mol. The van der Waals surface area contributed by atoms with Crippen molar-refractivity contribution in [3.63, 3.8) is 0 Å². The van der Waals surface area contributed by atoms with Crippen molar-refractivity contribution < 1.29 is 14.7 Å².